The number of phenols is 2. The van der Waals surface area contributed by atoms with Gasteiger partial charge in [0.1, 0.15) is 17.2 Å². The van der Waals surface area contributed by atoms with Crippen LogP contribution in [0.5, 0.6) is 17.2 Å². The van der Waals surface area contributed by atoms with E-state index in [9.17, 15) is 20.1 Å². The van der Waals surface area contributed by atoms with Crippen molar-refractivity contribution < 1.29 is 24.9 Å². The highest BCUT2D eigenvalue weighted by Crippen LogP contribution is 2.53. The Morgan fingerprint density at radius 2 is 1.26 bits per heavy atom. The summed E-state index contributed by atoms with van der Waals surface area (Å²) < 4.78 is 6.16. The quantitative estimate of drug-likeness (QED) is 0.230. The molecule has 0 radical (unpaired) electrons. The van der Waals surface area contributed by atoms with Crippen molar-refractivity contribution in [3.63, 3.8) is 0 Å². The lowest BCUT2D eigenvalue weighted by Gasteiger charge is -2.46. The highest BCUT2D eigenvalue weighted by atomic mass is 16.5. The average molecular weight is 585 g/mol. The van der Waals surface area contributed by atoms with Crippen LogP contribution in [0.25, 0.3) is 0 Å². The Labute approximate surface area is 256 Å². The van der Waals surface area contributed by atoms with Crippen molar-refractivity contribution >= 4 is 5.97 Å². The molecule has 0 bridgehead atoms. The number of carboxylic acids is 1. The van der Waals surface area contributed by atoms with Gasteiger partial charge in [-0.1, -0.05) is 62.8 Å². The molecule has 3 aromatic carbocycles. The van der Waals surface area contributed by atoms with Crippen molar-refractivity contribution in [3.05, 3.63) is 86.5 Å². The molecule has 230 valence electrons. The molecule has 0 amide bonds. The van der Waals surface area contributed by atoms with E-state index in [0.29, 0.717) is 11.7 Å². The third-order valence-corrected chi connectivity index (χ3v) is 10.5. The van der Waals surface area contributed by atoms with Gasteiger partial charge in [0.25, 0.3) is 0 Å². The van der Waals surface area contributed by atoms with E-state index in [4.69, 9.17) is 4.74 Å². The minimum absolute atomic E-state index is 0.105. The Balaban J connectivity index is 1.82. The van der Waals surface area contributed by atoms with Crippen LogP contribution in [0.1, 0.15) is 120 Å². The Bertz CT molecular complexity index is 1430. The third kappa shape index (κ3) is 6.14. The lowest BCUT2D eigenvalue weighted by molar-refractivity contribution is -0.139. The molecule has 0 aliphatic heterocycles. The van der Waals surface area contributed by atoms with Crippen LogP contribution in [0.4, 0.5) is 0 Å². The van der Waals surface area contributed by atoms with Crippen LogP contribution in [0.2, 0.25) is 0 Å². The number of phenolic OH excluding ortho intramolecular Hbond substituents is 2. The van der Waals surface area contributed by atoms with Gasteiger partial charge in [-0.15, -0.1) is 0 Å². The molecule has 2 aliphatic carbocycles. The molecule has 0 unspecified atom stereocenters. The summed E-state index contributed by atoms with van der Waals surface area (Å²) in [6.07, 6.45) is 12.5. The number of carbonyl (C=O) groups is 1. The highest BCUT2D eigenvalue weighted by Gasteiger charge is 2.42. The van der Waals surface area contributed by atoms with Crippen LogP contribution in [0, 0.1) is 40.5 Å². The minimum atomic E-state index is -1.01. The maximum absolute atomic E-state index is 11.8. The number of benzene rings is 3. The van der Waals surface area contributed by atoms with Gasteiger partial charge in [0.15, 0.2) is 6.61 Å². The number of hydrogen-bond donors (Lipinski definition) is 3. The summed E-state index contributed by atoms with van der Waals surface area (Å²) in [6, 6.07) is 12.4. The SMILES string of the molecule is Cc1cc(C(c2cc(C)c(O)cc2C)c2cc(C3(C4CCCCC4)CCCCC3)cc(C)c2OCC(=O)O)c(C)cc1O. The summed E-state index contributed by atoms with van der Waals surface area (Å²) in [6.45, 7) is 9.49. The zero-order valence-electron chi connectivity index (χ0n) is 26.6. The van der Waals surface area contributed by atoms with Crippen molar-refractivity contribution in [1.29, 1.82) is 0 Å². The summed E-state index contributed by atoms with van der Waals surface area (Å²) in [7, 11) is 0. The van der Waals surface area contributed by atoms with Crippen LogP contribution in [-0.4, -0.2) is 27.9 Å². The average Bonchev–Trinajstić information content (AvgIpc) is 2.98. The van der Waals surface area contributed by atoms with Gasteiger partial charge in [0.05, 0.1) is 0 Å². The Kier molecular flexibility index (Phi) is 9.10. The summed E-state index contributed by atoms with van der Waals surface area (Å²) in [5, 5.41) is 30.8. The van der Waals surface area contributed by atoms with E-state index in [1.807, 2.05) is 39.8 Å². The highest BCUT2D eigenvalue weighted by molar-refractivity contribution is 5.69. The van der Waals surface area contributed by atoms with E-state index < -0.39 is 12.6 Å². The molecule has 2 saturated carbocycles. The van der Waals surface area contributed by atoms with E-state index in [1.54, 1.807) is 0 Å². The molecule has 2 fully saturated rings. The van der Waals surface area contributed by atoms with Crippen LogP contribution in [-0.2, 0) is 10.2 Å². The molecular weight excluding hydrogens is 536 g/mol. The first kappa shape index (κ1) is 31.0. The number of aryl methyl sites for hydroxylation is 5. The fourth-order valence-electron chi connectivity index (χ4n) is 8.18. The van der Waals surface area contributed by atoms with Gasteiger partial charge in [0, 0.05) is 11.5 Å². The zero-order chi connectivity index (χ0) is 30.9. The van der Waals surface area contributed by atoms with Crippen LogP contribution in [0.15, 0.2) is 36.4 Å². The van der Waals surface area contributed by atoms with E-state index in [-0.39, 0.29) is 22.8 Å². The first-order valence-electron chi connectivity index (χ1n) is 16.1. The number of aromatic hydroxyl groups is 2. The van der Waals surface area contributed by atoms with Crippen molar-refractivity contribution in [2.75, 3.05) is 6.61 Å². The standard InChI is InChI=1S/C38H48O5/c1-23-19-33(39)25(3)17-30(23)36(31-18-26(4)34(40)20-24(31)2)32-21-29(16-27(5)37(32)43-22-35(41)42)38(14-10-7-11-15-38)28-12-8-6-9-13-28/h16-21,28,36,39-40H,6-15,22H2,1-5H3,(H,41,42). The van der Waals surface area contributed by atoms with E-state index in [2.05, 4.69) is 31.2 Å². The molecule has 0 aromatic heterocycles. The number of rotatable bonds is 8. The Morgan fingerprint density at radius 1 is 0.721 bits per heavy atom. The van der Waals surface area contributed by atoms with Crippen molar-refractivity contribution in [2.45, 2.75) is 110 Å². The first-order valence-corrected chi connectivity index (χ1v) is 16.1. The summed E-state index contributed by atoms with van der Waals surface area (Å²) in [4.78, 5) is 11.8. The molecular formula is C38H48O5. The second-order valence-electron chi connectivity index (χ2n) is 13.4. The first-order chi connectivity index (χ1) is 20.5. The number of carboxylic acid groups (broad SMARTS) is 1. The predicted octanol–water partition coefficient (Wildman–Crippen LogP) is 9.07. The van der Waals surface area contributed by atoms with Crippen molar-refractivity contribution in [3.8, 4) is 17.2 Å². The molecule has 43 heavy (non-hydrogen) atoms. The number of ether oxygens (including phenoxy) is 1. The molecule has 5 rings (SSSR count). The van der Waals surface area contributed by atoms with Gasteiger partial charge in [-0.05, 0) is 128 Å². The number of aliphatic carboxylic acids is 1. The summed E-state index contributed by atoms with van der Waals surface area (Å²) in [5.74, 6) is 0.473. The zero-order valence-corrected chi connectivity index (χ0v) is 26.6. The predicted molar refractivity (Wildman–Crippen MR) is 172 cm³/mol. The molecule has 0 heterocycles. The van der Waals surface area contributed by atoms with Crippen LogP contribution < -0.4 is 4.74 Å². The van der Waals surface area contributed by atoms with E-state index in [0.717, 1.165) is 44.5 Å². The molecule has 3 aromatic rings. The Hall–Kier alpha value is -3.47. The van der Waals surface area contributed by atoms with Crippen LogP contribution >= 0.6 is 0 Å². The third-order valence-electron chi connectivity index (χ3n) is 10.5. The van der Waals surface area contributed by atoms with E-state index in [1.165, 1.54) is 69.8 Å². The van der Waals surface area contributed by atoms with Crippen molar-refractivity contribution in [1.82, 2.24) is 0 Å². The normalized spacial score (nSPS) is 17.3. The molecule has 5 heteroatoms. The summed E-state index contributed by atoms with van der Waals surface area (Å²) >= 11 is 0. The van der Waals surface area contributed by atoms with Gasteiger partial charge in [0.2, 0.25) is 0 Å². The Morgan fingerprint density at radius 3 is 1.79 bits per heavy atom. The monoisotopic (exact) mass is 584 g/mol. The molecule has 0 saturated heterocycles. The molecule has 3 N–H and O–H groups in total. The lowest BCUT2D eigenvalue weighted by atomic mass is 9.58. The van der Waals surface area contributed by atoms with E-state index >= 15 is 0 Å². The molecule has 2 aliphatic rings. The second kappa shape index (κ2) is 12.6. The van der Waals surface area contributed by atoms with Gasteiger partial charge >= 0.3 is 5.97 Å². The molecule has 5 nitrogen and oxygen atoms in total. The fourth-order valence-corrected chi connectivity index (χ4v) is 8.18. The van der Waals surface area contributed by atoms with Gasteiger partial charge < -0.3 is 20.1 Å². The van der Waals surface area contributed by atoms with Gasteiger partial charge in [-0.3, -0.25) is 0 Å². The lowest BCUT2D eigenvalue weighted by Crippen LogP contribution is -2.39. The maximum Gasteiger partial charge on any atom is 0.341 e. The van der Waals surface area contributed by atoms with Gasteiger partial charge in [-0.2, -0.15) is 0 Å². The smallest absolute Gasteiger partial charge is 0.341 e. The molecule has 0 spiro atoms. The second-order valence-corrected chi connectivity index (χ2v) is 13.4. The van der Waals surface area contributed by atoms with Crippen LogP contribution in [0.3, 0.4) is 0 Å². The largest absolute Gasteiger partial charge is 0.508 e. The van der Waals surface area contributed by atoms with Gasteiger partial charge in [-0.25, -0.2) is 4.79 Å². The minimum Gasteiger partial charge on any atom is -0.508 e. The fraction of sp³-hybridized carbons (Fsp3) is 0.500. The topological polar surface area (TPSA) is 87.0 Å². The van der Waals surface area contributed by atoms with Crippen molar-refractivity contribution in [2.24, 2.45) is 5.92 Å². The summed E-state index contributed by atoms with van der Waals surface area (Å²) in [5.41, 5.74) is 8.92. The number of hydrogen-bond acceptors (Lipinski definition) is 4. The maximum atomic E-state index is 11.8. The molecule has 0 atom stereocenters.